The number of halogens is 3. The van der Waals surface area contributed by atoms with Crippen molar-refractivity contribution in [2.75, 3.05) is 32.7 Å². The molecule has 8 heteroatoms. The van der Waals surface area contributed by atoms with Gasteiger partial charge in [-0.3, -0.25) is 19.7 Å². The Bertz CT molecular complexity index is 899. The number of aromatic nitrogens is 1. The van der Waals surface area contributed by atoms with Crippen molar-refractivity contribution in [3.8, 4) is 0 Å². The summed E-state index contributed by atoms with van der Waals surface area (Å²) in [6.45, 7) is 5.78. The average Bonchev–Trinajstić information content (AvgIpc) is 3.08. The highest BCUT2D eigenvalue weighted by molar-refractivity contribution is 5.25. The minimum atomic E-state index is -4.30. The molecule has 5 rings (SSSR count). The van der Waals surface area contributed by atoms with Gasteiger partial charge >= 0.3 is 6.18 Å². The van der Waals surface area contributed by atoms with Crippen LogP contribution in [0.25, 0.3) is 0 Å². The quantitative estimate of drug-likeness (QED) is 0.805. The second-order valence-electron chi connectivity index (χ2n) is 9.29. The van der Waals surface area contributed by atoms with E-state index in [9.17, 15) is 18.3 Å². The van der Waals surface area contributed by atoms with E-state index in [1.807, 2.05) is 12.3 Å². The Kier molecular flexibility index (Phi) is 5.29. The van der Waals surface area contributed by atoms with Crippen LogP contribution in [0.4, 0.5) is 13.2 Å². The molecule has 1 N–H and O–H groups in total. The first-order chi connectivity index (χ1) is 14.8. The summed E-state index contributed by atoms with van der Waals surface area (Å²) in [7, 11) is 0. The van der Waals surface area contributed by atoms with Gasteiger partial charge in [0.1, 0.15) is 0 Å². The number of hydrogen-bond acceptors (Lipinski definition) is 5. The van der Waals surface area contributed by atoms with Crippen molar-refractivity contribution in [3.05, 3.63) is 65.5 Å². The Labute approximate surface area is 180 Å². The van der Waals surface area contributed by atoms with Crippen LogP contribution in [-0.4, -0.2) is 75.2 Å². The van der Waals surface area contributed by atoms with E-state index in [1.54, 1.807) is 18.3 Å². The molecule has 0 amide bonds. The molecule has 0 radical (unpaired) electrons. The molecule has 0 saturated carbocycles. The second-order valence-corrected chi connectivity index (χ2v) is 9.29. The monoisotopic (exact) mass is 432 g/mol. The number of likely N-dealkylation sites (tertiary alicyclic amines) is 1. The molecule has 3 aliphatic rings. The fourth-order valence-corrected chi connectivity index (χ4v) is 5.62. The fourth-order valence-electron chi connectivity index (χ4n) is 5.62. The molecular weight excluding hydrogens is 405 g/mol. The lowest BCUT2D eigenvalue weighted by Crippen LogP contribution is -2.77. The summed E-state index contributed by atoms with van der Waals surface area (Å²) in [5.74, 6) is 0. The summed E-state index contributed by atoms with van der Waals surface area (Å²) in [4.78, 5) is 11.5. The number of β-amino-alcohol motifs (C(OH)–C–C–N with tert-alkyl or cyclic N) is 1. The van der Waals surface area contributed by atoms with Crippen LogP contribution in [0.3, 0.4) is 0 Å². The van der Waals surface area contributed by atoms with E-state index in [1.165, 1.54) is 5.56 Å². The van der Waals surface area contributed by atoms with Crippen LogP contribution in [0, 0.1) is 0 Å². The Balaban J connectivity index is 1.26. The molecule has 5 nitrogen and oxygen atoms in total. The molecule has 0 aliphatic carbocycles. The van der Waals surface area contributed by atoms with Gasteiger partial charge in [-0.1, -0.05) is 18.2 Å². The maximum atomic E-state index is 12.8. The second kappa shape index (κ2) is 7.85. The largest absolute Gasteiger partial charge is 0.416 e. The van der Waals surface area contributed by atoms with Gasteiger partial charge in [0.05, 0.1) is 17.2 Å². The van der Waals surface area contributed by atoms with E-state index in [-0.39, 0.29) is 11.6 Å². The Hall–Kier alpha value is -2.00. The van der Waals surface area contributed by atoms with E-state index in [2.05, 4.69) is 25.8 Å². The van der Waals surface area contributed by atoms with Crippen molar-refractivity contribution < 1.29 is 18.3 Å². The molecule has 3 saturated heterocycles. The third-order valence-corrected chi connectivity index (χ3v) is 6.84. The zero-order valence-electron chi connectivity index (χ0n) is 17.3. The molecule has 1 aromatic carbocycles. The van der Waals surface area contributed by atoms with Gasteiger partial charge in [0.15, 0.2) is 0 Å². The van der Waals surface area contributed by atoms with Crippen molar-refractivity contribution in [1.29, 1.82) is 0 Å². The van der Waals surface area contributed by atoms with Gasteiger partial charge in [-0.05, 0) is 35.7 Å². The molecule has 31 heavy (non-hydrogen) atoms. The lowest BCUT2D eigenvalue weighted by atomic mass is 9.83. The standard InChI is InChI=1S/C23H27F3N4O/c24-23(25,26)19-5-3-17(4-6-19)10-29-15-22(16-29)14-28(11-18-2-1-7-27-9-18)12-20-8-21(31)13-30(20)22/h1-7,9,20-21,31H,8,10-16H2/t20-,21+/m0/s1. The highest BCUT2D eigenvalue weighted by atomic mass is 19.4. The highest BCUT2D eigenvalue weighted by Gasteiger charge is 2.55. The maximum absolute atomic E-state index is 12.8. The van der Waals surface area contributed by atoms with Crippen LogP contribution >= 0.6 is 0 Å². The van der Waals surface area contributed by atoms with Crippen molar-refractivity contribution >= 4 is 0 Å². The summed E-state index contributed by atoms with van der Waals surface area (Å²) >= 11 is 0. The van der Waals surface area contributed by atoms with E-state index in [0.29, 0.717) is 19.1 Å². The van der Waals surface area contributed by atoms with Crippen molar-refractivity contribution in [2.45, 2.75) is 43.4 Å². The number of pyridine rings is 1. The first-order valence-electron chi connectivity index (χ1n) is 10.8. The minimum absolute atomic E-state index is 0.00544. The van der Waals surface area contributed by atoms with Crippen LogP contribution in [0.15, 0.2) is 48.8 Å². The van der Waals surface area contributed by atoms with Crippen molar-refractivity contribution in [2.24, 2.45) is 0 Å². The van der Waals surface area contributed by atoms with Gasteiger partial charge in [-0.25, -0.2) is 0 Å². The topological polar surface area (TPSA) is 42.8 Å². The molecular formula is C23H27F3N4O. The van der Waals surface area contributed by atoms with Gasteiger partial charge in [0.25, 0.3) is 0 Å². The molecule has 3 fully saturated rings. The van der Waals surface area contributed by atoms with Crippen LogP contribution in [0.2, 0.25) is 0 Å². The van der Waals surface area contributed by atoms with Crippen LogP contribution in [0.5, 0.6) is 0 Å². The van der Waals surface area contributed by atoms with E-state index in [4.69, 9.17) is 0 Å². The van der Waals surface area contributed by atoms with E-state index in [0.717, 1.165) is 56.8 Å². The van der Waals surface area contributed by atoms with Crippen molar-refractivity contribution in [1.82, 2.24) is 19.7 Å². The third kappa shape index (κ3) is 4.22. The lowest BCUT2D eigenvalue weighted by molar-refractivity contribution is -0.137. The first-order valence-corrected chi connectivity index (χ1v) is 10.8. The van der Waals surface area contributed by atoms with Crippen LogP contribution in [0.1, 0.15) is 23.1 Å². The van der Waals surface area contributed by atoms with Gasteiger partial charge in [-0.15, -0.1) is 0 Å². The lowest BCUT2D eigenvalue weighted by Gasteiger charge is -2.61. The molecule has 1 spiro atoms. The molecule has 1 aromatic heterocycles. The highest BCUT2D eigenvalue weighted by Crippen LogP contribution is 2.40. The number of alkyl halides is 3. The molecule has 166 valence electrons. The fraction of sp³-hybridized carbons (Fsp3) is 0.522. The molecule has 0 unspecified atom stereocenters. The number of hydrogen-bond donors (Lipinski definition) is 1. The minimum Gasteiger partial charge on any atom is -0.392 e. The third-order valence-electron chi connectivity index (χ3n) is 6.84. The SMILES string of the molecule is O[C@@H]1C[C@H]2CN(Cc3cccnc3)CC3(CN(Cc4ccc(C(F)(F)F)cc4)C3)N2C1. The number of fused-ring (bicyclic) bond motifs is 2. The molecule has 3 aliphatic heterocycles. The zero-order chi connectivity index (χ0) is 21.6. The molecule has 4 heterocycles. The number of rotatable bonds is 4. The van der Waals surface area contributed by atoms with Gasteiger partial charge in [-0.2, -0.15) is 13.2 Å². The number of piperazine rings is 1. The Morgan fingerprint density at radius 3 is 2.35 bits per heavy atom. The maximum Gasteiger partial charge on any atom is 0.416 e. The number of aliphatic hydroxyl groups excluding tert-OH is 1. The number of aliphatic hydroxyl groups is 1. The van der Waals surface area contributed by atoms with Crippen LogP contribution in [-0.2, 0) is 19.3 Å². The normalized spacial score (nSPS) is 26.7. The average molecular weight is 432 g/mol. The zero-order valence-corrected chi connectivity index (χ0v) is 17.3. The summed E-state index contributed by atoms with van der Waals surface area (Å²) in [5, 5.41) is 10.3. The molecule has 2 aromatic rings. The molecule has 0 bridgehead atoms. The van der Waals surface area contributed by atoms with Gasteiger partial charge in [0, 0.05) is 64.2 Å². The van der Waals surface area contributed by atoms with Crippen LogP contribution < -0.4 is 0 Å². The van der Waals surface area contributed by atoms with Gasteiger partial charge in [0.2, 0.25) is 0 Å². The van der Waals surface area contributed by atoms with E-state index < -0.39 is 11.7 Å². The Morgan fingerprint density at radius 1 is 0.968 bits per heavy atom. The summed E-state index contributed by atoms with van der Waals surface area (Å²) < 4.78 is 38.4. The summed E-state index contributed by atoms with van der Waals surface area (Å²) in [5.41, 5.74) is 1.46. The molecule has 2 atom stereocenters. The number of nitrogens with zero attached hydrogens (tertiary/aromatic N) is 4. The summed E-state index contributed by atoms with van der Waals surface area (Å²) in [6, 6.07) is 9.86. The predicted octanol–water partition coefficient (Wildman–Crippen LogP) is 2.61. The first kappa shape index (κ1) is 20.9. The number of benzene rings is 1. The van der Waals surface area contributed by atoms with E-state index >= 15 is 0 Å². The Morgan fingerprint density at radius 2 is 1.68 bits per heavy atom. The summed E-state index contributed by atoms with van der Waals surface area (Å²) in [6.07, 6.45) is -0.111. The van der Waals surface area contributed by atoms with Gasteiger partial charge < -0.3 is 5.11 Å². The predicted molar refractivity (Wildman–Crippen MR) is 110 cm³/mol. The smallest absolute Gasteiger partial charge is 0.392 e. The van der Waals surface area contributed by atoms with Crippen molar-refractivity contribution in [3.63, 3.8) is 0 Å².